The van der Waals surface area contributed by atoms with Gasteiger partial charge in [-0.1, -0.05) is 13.8 Å². The zero-order chi connectivity index (χ0) is 11.7. The summed E-state index contributed by atoms with van der Waals surface area (Å²) < 4.78 is 1.28. The lowest BCUT2D eigenvalue weighted by atomic mass is 10.3. The molecule has 0 aromatic carbocycles. The number of aromatic carboxylic acids is 1. The number of aromatic nitrogens is 4. The Kier molecular flexibility index (Phi) is 2.55. The van der Waals surface area contributed by atoms with E-state index in [2.05, 4.69) is 15.1 Å². The van der Waals surface area contributed by atoms with Crippen molar-refractivity contribution in [3.05, 3.63) is 23.3 Å². The number of rotatable bonds is 3. The summed E-state index contributed by atoms with van der Waals surface area (Å²) in [7, 11) is 0. The van der Waals surface area contributed by atoms with Gasteiger partial charge in [0.25, 0.3) is 5.78 Å². The fourth-order valence-electron chi connectivity index (χ4n) is 1.44. The highest BCUT2D eigenvalue weighted by atomic mass is 16.4. The van der Waals surface area contributed by atoms with Gasteiger partial charge in [0.05, 0.1) is 0 Å². The van der Waals surface area contributed by atoms with Crippen molar-refractivity contribution in [3.8, 4) is 0 Å². The summed E-state index contributed by atoms with van der Waals surface area (Å²) in [6.07, 6.45) is 1.33. The summed E-state index contributed by atoms with van der Waals surface area (Å²) in [5.41, 5.74) is 0.814. The van der Waals surface area contributed by atoms with Crippen LogP contribution in [0.5, 0.6) is 0 Å². The van der Waals surface area contributed by atoms with Crippen LogP contribution in [0.3, 0.4) is 0 Å². The molecule has 0 aliphatic heterocycles. The molecule has 0 fully saturated rings. The monoisotopic (exact) mass is 220 g/mol. The van der Waals surface area contributed by atoms with Gasteiger partial charge >= 0.3 is 5.97 Å². The first kappa shape index (κ1) is 10.5. The molecule has 2 heterocycles. The minimum Gasteiger partial charge on any atom is -0.477 e. The molecule has 2 aromatic rings. The fourth-order valence-corrected chi connectivity index (χ4v) is 1.44. The predicted octanol–water partition coefficient (Wildman–Crippen LogP) is 0.947. The maximum atomic E-state index is 11.1. The number of hydrogen-bond acceptors (Lipinski definition) is 4. The van der Waals surface area contributed by atoms with Crippen molar-refractivity contribution in [1.82, 2.24) is 19.6 Å². The van der Waals surface area contributed by atoms with Gasteiger partial charge in [-0.25, -0.2) is 9.78 Å². The van der Waals surface area contributed by atoms with Gasteiger partial charge in [0.1, 0.15) is 0 Å². The normalized spacial score (nSPS) is 10.9. The Bertz CT molecular complexity index is 547. The number of hydrogen-bond donors (Lipinski definition) is 1. The molecule has 2 aromatic heterocycles. The van der Waals surface area contributed by atoms with E-state index >= 15 is 0 Å². The van der Waals surface area contributed by atoms with Gasteiger partial charge in [0.2, 0.25) is 0 Å². The van der Waals surface area contributed by atoms with Crippen LogP contribution in [0.2, 0.25) is 0 Å². The summed E-state index contributed by atoms with van der Waals surface area (Å²) in [4.78, 5) is 19.5. The van der Waals surface area contributed by atoms with Crippen LogP contribution in [0.4, 0.5) is 0 Å². The smallest absolute Gasteiger partial charge is 0.354 e. The third-order valence-corrected chi connectivity index (χ3v) is 2.31. The van der Waals surface area contributed by atoms with Crippen LogP contribution in [0.1, 0.15) is 35.9 Å². The molecule has 6 heteroatoms. The van der Waals surface area contributed by atoms with Gasteiger partial charge in [-0.2, -0.15) is 9.50 Å². The number of carboxylic acids is 1. The molecule has 0 saturated carbocycles. The van der Waals surface area contributed by atoms with Crippen molar-refractivity contribution in [1.29, 1.82) is 0 Å². The summed E-state index contributed by atoms with van der Waals surface area (Å²) in [5.74, 6) is -0.0634. The molecule has 0 atom stereocenters. The lowest BCUT2D eigenvalue weighted by Crippen LogP contribution is -2.09. The Morgan fingerprint density at radius 2 is 2.12 bits per heavy atom. The summed E-state index contributed by atoms with van der Waals surface area (Å²) in [6, 6.07) is 1.53. The lowest BCUT2D eigenvalue weighted by Gasteiger charge is -2.00. The largest absolute Gasteiger partial charge is 0.477 e. The molecule has 1 N–H and O–H groups in total. The molecule has 6 nitrogen and oxygen atoms in total. The van der Waals surface area contributed by atoms with E-state index in [0.29, 0.717) is 30.1 Å². The van der Waals surface area contributed by atoms with Gasteiger partial charge in [-0.15, -0.1) is 5.10 Å². The van der Waals surface area contributed by atoms with Gasteiger partial charge in [0, 0.05) is 12.1 Å². The second-order valence-corrected chi connectivity index (χ2v) is 3.38. The van der Waals surface area contributed by atoms with E-state index in [1.165, 1.54) is 10.6 Å². The van der Waals surface area contributed by atoms with Crippen molar-refractivity contribution < 1.29 is 9.90 Å². The average molecular weight is 220 g/mol. The third-order valence-electron chi connectivity index (χ3n) is 2.31. The van der Waals surface area contributed by atoms with E-state index < -0.39 is 5.97 Å². The molecular formula is C10H12N4O2. The first-order chi connectivity index (χ1) is 7.65. The number of fused-ring (bicyclic) bond motifs is 1. The number of carboxylic acid groups (broad SMARTS) is 1. The second kappa shape index (κ2) is 3.88. The van der Waals surface area contributed by atoms with Crippen molar-refractivity contribution in [2.24, 2.45) is 0 Å². The van der Waals surface area contributed by atoms with Gasteiger partial charge in [0.15, 0.2) is 11.5 Å². The molecule has 0 aliphatic rings. The third kappa shape index (κ3) is 1.62. The summed E-state index contributed by atoms with van der Waals surface area (Å²) >= 11 is 0. The van der Waals surface area contributed by atoms with Crippen LogP contribution in [0.25, 0.3) is 5.78 Å². The molecule has 16 heavy (non-hydrogen) atoms. The van der Waals surface area contributed by atoms with E-state index in [4.69, 9.17) is 5.11 Å². The fraction of sp³-hybridized carbons (Fsp3) is 0.400. The van der Waals surface area contributed by atoms with Crippen LogP contribution in [-0.4, -0.2) is 30.7 Å². The quantitative estimate of drug-likeness (QED) is 0.832. The lowest BCUT2D eigenvalue weighted by molar-refractivity contribution is 0.0687. The molecule has 0 amide bonds. The summed E-state index contributed by atoms with van der Waals surface area (Å²) in [5, 5.41) is 13.2. The summed E-state index contributed by atoms with van der Waals surface area (Å²) in [6.45, 7) is 3.83. The van der Waals surface area contributed by atoms with Crippen LogP contribution < -0.4 is 0 Å². The Morgan fingerprint density at radius 3 is 2.69 bits per heavy atom. The maximum absolute atomic E-state index is 11.1. The SMILES string of the molecule is CCc1cc(C(=O)O)n2nc(CC)nc2n1. The van der Waals surface area contributed by atoms with Crippen LogP contribution in [-0.2, 0) is 12.8 Å². The topological polar surface area (TPSA) is 80.4 Å². The molecule has 2 rings (SSSR count). The molecule has 0 bridgehead atoms. The Hall–Kier alpha value is -1.98. The Balaban J connectivity index is 2.74. The second-order valence-electron chi connectivity index (χ2n) is 3.38. The number of carbonyl (C=O) groups is 1. The van der Waals surface area contributed by atoms with E-state index in [0.717, 1.165) is 0 Å². The maximum Gasteiger partial charge on any atom is 0.354 e. The van der Waals surface area contributed by atoms with Gasteiger partial charge in [-0.05, 0) is 12.5 Å². The first-order valence-electron chi connectivity index (χ1n) is 5.14. The molecule has 84 valence electrons. The van der Waals surface area contributed by atoms with Gasteiger partial charge in [-0.3, -0.25) is 0 Å². The molecule has 0 spiro atoms. The van der Waals surface area contributed by atoms with E-state index in [1.807, 2.05) is 13.8 Å². The molecular weight excluding hydrogens is 208 g/mol. The highest BCUT2D eigenvalue weighted by Crippen LogP contribution is 2.08. The number of nitrogens with zero attached hydrogens (tertiary/aromatic N) is 4. The van der Waals surface area contributed by atoms with Crippen molar-refractivity contribution in [2.75, 3.05) is 0 Å². The van der Waals surface area contributed by atoms with E-state index in [9.17, 15) is 4.79 Å². The zero-order valence-electron chi connectivity index (χ0n) is 9.14. The standard InChI is InChI=1S/C10H12N4O2/c1-3-6-5-7(9(15)16)14-10(11-6)12-8(4-2)13-14/h5H,3-4H2,1-2H3,(H,15,16). The van der Waals surface area contributed by atoms with Gasteiger partial charge < -0.3 is 5.11 Å². The van der Waals surface area contributed by atoms with E-state index in [1.54, 1.807) is 0 Å². The Morgan fingerprint density at radius 1 is 1.38 bits per heavy atom. The highest BCUT2D eigenvalue weighted by Gasteiger charge is 2.14. The average Bonchev–Trinajstić information content (AvgIpc) is 2.69. The number of aryl methyl sites for hydroxylation is 2. The minimum atomic E-state index is -1.02. The first-order valence-corrected chi connectivity index (χ1v) is 5.14. The highest BCUT2D eigenvalue weighted by molar-refractivity contribution is 5.86. The van der Waals surface area contributed by atoms with Crippen molar-refractivity contribution in [3.63, 3.8) is 0 Å². The van der Waals surface area contributed by atoms with E-state index in [-0.39, 0.29) is 5.69 Å². The Labute approximate surface area is 92.0 Å². The molecule has 0 unspecified atom stereocenters. The van der Waals surface area contributed by atoms with Crippen LogP contribution in [0.15, 0.2) is 6.07 Å². The van der Waals surface area contributed by atoms with Crippen LogP contribution in [0, 0.1) is 0 Å². The molecule has 0 radical (unpaired) electrons. The van der Waals surface area contributed by atoms with Crippen molar-refractivity contribution in [2.45, 2.75) is 26.7 Å². The minimum absolute atomic E-state index is 0.106. The van der Waals surface area contributed by atoms with Crippen molar-refractivity contribution >= 4 is 11.7 Å². The molecule has 0 aliphatic carbocycles. The molecule has 0 saturated heterocycles. The van der Waals surface area contributed by atoms with Crippen LogP contribution >= 0.6 is 0 Å². The zero-order valence-corrected chi connectivity index (χ0v) is 9.14. The predicted molar refractivity (Wildman–Crippen MR) is 56.5 cm³/mol.